The summed E-state index contributed by atoms with van der Waals surface area (Å²) >= 11 is 0. The second-order valence-electron chi connectivity index (χ2n) is 4.68. The second-order valence-corrected chi connectivity index (χ2v) is 4.68. The van der Waals surface area contributed by atoms with Gasteiger partial charge in [0.15, 0.2) is 11.5 Å². The van der Waals surface area contributed by atoms with Gasteiger partial charge in [0, 0.05) is 19.7 Å². The summed E-state index contributed by atoms with van der Waals surface area (Å²) in [4.78, 5) is 16.2. The molecule has 7 nitrogen and oxygen atoms in total. The number of pyridine rings is 1. The predicted octanol–water partition coefficient (Wildman–Crippen LogP) is 2.64. The van der Waals surface area contributed by atoms with Crippen molar-refractivity contribution in [3.8, 4) is 11.5 Å². The highest BCUT2D eigenvalue weighted by Crippen LogP contribution is 2.28. The summed E-state index contributed by atoms with van der Waals surface area (Å²) in [6.45, 7) is 0.588. The number of benzene rings is 1. The van der Waals surface area contributed by atoms with Gasteiger partial charge in [-0.3, -0.25) is 10.1 Å². The Morgan fingerprint density at radius 3 is 2.45 bits per heavy atom. The Morgan fingerprint density at radius 1 is 1.18 bits per heavy atom. The molecule has 0 atom stereocenters. The van der Waals surface area contributed by atoms with E-state index in [4.69, 9.17) is 9.47 Å². The van der Waals surface area contributed by atoms with Crippen molar-refractivity contribution in [3.05, 3.63) is 52.2 Å². The van der Waals surface area contributed by atoms with E-state index in [1.807, 2.05) is 30.1 Å². The van der Waals surface area contributed by atoms with Crippen molar-refractivity contribution in [2.75, 3.05) is 26.2 Å². The molecule has 0 N–H and O–H groups in total. The lowest BCUT2D eigenvalue weighted by atomic mass is 10.2. The zero-order valence-electron chi connectivity index (χ0n) is 12.6. The number of aromatic nitrogens is 1. The van der Waals surface area contributed by atoms with E-state index < -0.39 is 4.92 Å². The highest BCUT2D eigenvalue weighted by molar-refractivity contribution is 5.46. The minimum absolute atomic E-state index is 0.0248. The van der Waals surface area contributed by atoms with Crippen LogP contribution in [0.5, 0.6) is 11.5 Å². The third-order valence-corrected chi connectivity index (χ3v) is 3.20. The lowest BCUT2D eigenvalue weighted by Crippen LogP contribution is -2.17. The Hall–Kier alpha value is -2.83. The molecule has 1 aromatic heterocycles. The molecule has 0 spiro atoms. The monoisotopic (exact) mass is 303 g/mol. The molecule has 0 amide bonds. The van der Waals surface area contributed by atoms with Gasteiger partial charge in [-0.15, -0.1) is 0 Å². The van der Waals surface area contributed by atoms with Gasteiger partial charge in [-0.1, -0.05) is 6.07 Å². The second kappa shape index (κ2) is 6.75. The van der Waals surface area contributed by atoms with Crippen LogP contribution in [0.1, 0.15) is 5.56 Å². The highest BCUT2D eigenvalue weighted by Gasteiger charge is 2.10. The lowest BCUT2D eigenvalue weighted by molar-refractivity contribution is -0.385. The first kappa shape index (κ1) is 15.6. The van der Waals surface area contributed by atoms with Crippen molar-refractivity contribution in [1.82, 2.24) is 4.98 Å². The molecule has 0 aliphatic rings. The summed E-state index contributed by atoms with van der Waals surface area (Å²) in [6, 6.07) is 8.72. The number of rotatable bonds is 6. The maximum atomic E-state index is 10.6. The molecule has 0 saturated carbocycles. The summed E-state index contributed by atoms with van der Waals surface area (Å²) in [6.07, 6.45) is 1.25. The van der Waals surface area contributed by atoms with E-state index in [0.717, 1.165) is 5.56 Å². The summed E-state index contributed by atoms with van der Waals surface area (Å²) < 4.78 is 10.5. The number of hydrogen-bond donors (Lipinski definition) is 0. The molecule has 2 aromatic rings. The Balaban J connectivity index is 2.14. The van der Waals surface area contributed by atoms with Crippen LogP contribution in [0.2, 0.25) is 0 Å². The van der Waals surface area contributed by atoms with Crippen LogP contribution < -0.4 is 14.4 Å². The Kier molecular flexibility index (Phi) is 4.77. The Bertz CT molecular complexity index is 658. The molecule has 2 rings (SSSR count). The number of hydrogen-bond acceptors (Lipinski definition) is 6. The van der Waals surface area contributed by atoms with E-state index in [9.17, 15) is 10.1 Å². The van der Waals surface area contributed by atoms with Crippen LogP contribution in [0.4, 0.5) is 11.5 Å². The molecular formula is C15H17N3O4. The van der Waals surface area contributed by atoms with E-state index in [1.54, 1.807) is 20.3 Å². The molecule has 0 aliphatic heterocycles. The number of methoxy groups -OCH3 is 2. The molecule has 116 valence electrons. The van der Waals surface area contributed by atoms with E-state index in [-0.39, 0.29) is 5.69 Å². The van der Waals surface area contributed by atoms with Crippen LogP contribution in [0.15, 0.2) is 36.5 Å². The third kappa shape index (κ3) is 3.43. The fourth-order valence-corrected chi connectivity index (χ4v) is 2.05. The maximum absolute atomic E-state index is 10.6. The molecule has 1 heterocycles. The molecule has 0 bridgehead atoms. The summed E-state index contributed by atoms with van der Waals surface area (Å²) in [5.74, 6) is 1.98. The third-order valence-electron chi connectivity index (χ3n) is 3.20. The van der Waals surface area contributed by atoms with Crippen LogP contribution in [-0.2, 0) is 6.54 Å². The first-order chi connectivity index (χ1) is 10.5. The van der Waals surface area contributed by atoms with Crippen molar-refractivity contribution >= 4 is 11.5 Å². The minimum Gasteiger partial charge on any atom is -0.493 e. The van der Waals surface area contributed by atoms with Crippen LogP contribution >= 0.6 is 0 Å². The van der Waals surface area contributed by atoms with Crippen LogP contribution in [0.25, 0.3) is 0 Å². The quantitative estimate of drug-likeness (QED) is 0.603. The molecule has 0 aliphatic carbocycles. The van der Waals surface area contributed by atoms with Gasteiger partial charge in [0.05, 0.1) is 19.1 Å². The zero-order chi connectivity index (χ0) is 16.1. The van der Waals surface area contributed by atoms with Crippen LogP contribution in [-0.4, -0.2) is 31.2 Å². The normalized spacial score (nSPS) is 10.1. The lowest BCUT2D eigenvalue weighted by Gasteiger charge is -2.18. The average Bonchev–Trinajstić information content (AvgIpc) is 2.54. The molecule has 7 heteroatoms. The van der Waals surface area contributed by atoms with Gasteiger partial charge in [-0.2, -0.15) is 0 Å². The van der Waals surface area contributed by atoms with E-state index in [2.05, 4.69) is 4.98 Å². The fraction of sp³-hybridized carbons (Fsp3) is 0.267. The highest BCUT2D eigenvalue weighted by atomic mass is 16.6. The molecular weight excluding hydrogens is 286 g/mol. The van der Waals surface area contributed by atoms with E-state index in [1.165, 1.54) is 12.3 Å². The van der Waals surface area contributed by atoms with E-state index >= 15 is 0 Å². The largest absolute Gasteiger partial charge is 0.493 e. The van der Waals surface area contributed by atoms with Gasteiger partial charge in [0.2, 0.25) is 0 Å². The van der Waals surface area contributed by atoms with Gasteiger partial charge in [0.25, 0.3) is 5.69 Å². The molecule has 0 fully saturated rings. The Labute approximate surface area is 128 Å². The van der Waals surface area contributed by atoms with Crippen LogP contribution in [0, 0.1) is 10.1 Å². The van der Waals surface area contributed by atoms with E-state index in [0.29, 0.717) is 23.9 Å². The topological polar surface area (TPSA) is 77.7 Å². The number of ether oxygens (including phenoxy) is 2. The minimum atomic E-state index is -0.467. The zero-order valence-corrected chi connectivity index (χ0v) is 12.6. The molecule has 0 unspecified atom stereocenters. The van der Waals surface area contributed by atoms with Gasteiger partial charge in [-0.05, 0) is 23.8 Å². The smallest absolute Gasteiger partial charge is 0.287 e. The van der Waals surface area contributed by atoms with Crippen LogP contribution in [0.3, 0.4) is 0 Å². The molecule has 1 aromatic carbocycles. The maximum Gasteiger partial charge on any atom is 0.287 e. The van der Waals surface area contributed by atoms with Crippen molar-refractivity contribution in [1.29, 1.82) is 0 Å². The molecule has 0 saturated heterocycles. The molecule has 22 heavy (non-hydrogen) atoms. The van der Waals surface area contributed by atoms with Crippen molar-refractivity contribution < 1.29 is 14.4 Å². The number of anilines is 1. The standard InChI is InChI=1S/C15H17N3O4/c1-17(15-7-5-12(9-16-15)18(19)20)10-11-4-6-13(21-2)14(8-11)22-3/h4-9H,10H2,1-3H3. The predicted molar refractivity (Wildman–Crippen MR) is 82.5 cm³/mol. The van der Waals surface area contributed by atoms with Gasteiger partial charge < -0.3 is 14.4 Å². The van der Waals surface area contributed by atoms with Crippen molar-refractivity contribution in [2.45, 2.75) is 6.54 Å². The van der Waals surface area contributed by atoms with Gasteiger partial charge in [0.1, 0.15) is 12.0 Å². The first-order valence-electron chi connectivity index (χ1n) is 6.57. The SMILES string of the molecule is COc1ccc(CN(C)c2ccc([N+](=O)[O-])cn2)cc1OC. The number of nitrogens with zero attached hydrogens (tertiary/aromatic N) is 3. The fourth-order valence-electron chi connectivity index (χ4n) is 2.05. The summed E-state index contributed by atoms with van der Waals surface area (Å²) in [5, 5.41) is 10.6. The summed E-state index contributed by atoms with van der Waals surface area (Å²) in [7, 11) is 5.04. The van der Waals surface area contributed by atoms with Crippen molar-refractivity contribution in [3.63, 3.8) is 0 Å². The van der Waals surface area contributed by atoms with Gasteiger partial charge >= 0.3 is 0 Å². The Morgan fingerprint density at radius 2 is 1.91 bits per heavy atom. The first-order valence-corrected chi connectivity index (χ1v) is 6.57. The van der Waals surface area contributed by atoms with Gasteiger partial charge in [-0.25, -0.2) is 4.98 Å². The van der Waals surface area contributed by atoms with Crippen molar-refractivity contribution in [2.24, 2.45) is 0 Å². The number of nitro groups is 1. The molecule has 0 radical (unpaired) electrons. The average molecular weight is 303 g/mol. The summed E-state index contributed by atoms with van der Waals surface area (Å²) in [5.41, 5.74) is 0.989.